The monoisotopic (exact) mass is 245 g/mol. The number of aromatic nitrogens is 2. The second kappa shape index (κ2) is 6.01. The number of hydrogen-bond acceptors (Lipinski definition) is 2. The number of nitrogens with zero attached hydrogens (tertiary/aromatic N) is 2. The Kier molecular flexibility index (Phi) is 4.37. The number of imidazole rings is 1. The van der Waals surface area contributed by atoms with Gasteiger partial charge in [0.25, 0.3) is 0 Å². The van der Waals surface area contributed by atoms with Crippen molar-refractivity contribution in [2.75, 3.05) is 0 Å². The standard InChI is InChI=1S/C15H23N3/c1-3-12(16)8-7-11-15-17-13-9-5-6-10-14(13)18(15)4-2/h5-6,9-10,12H,3-4,7-8,11,16H2,1-2H3. The number of nitrogens with two attached hydrogens (primary N) is 1. The van der Waals surface area contributed by atoms with Crippen LogP contribution in [0.3, 0.4) is 0 Å². The van der Waals surface area contributed by atoms with Gasteiger partial charge in [-0.3, -0.25) is 0 Å². The molecule has 0 saturated carbocycles. The van der Waals surface area contributed by atoms with E-state index in [4.69, 9.17) is 10.7 Å². The summed E-state index contributed by atoms with van der Waals surface area (Å²) in [7, 11) is 0. The summed E-state index contributed by atoms with van der Waals surface area (Å²) < 4.78 is 2.31. The Morgan fingerprint density at radius 2 is 2.06 bits per heavy atom. The van der Waals surface area contributed by atoms with Crippen molar-refractivity contribution in [3.8, 4) is 0 Å². The first-order chi connectivity index (χ1) is 8.76. The Bertz CT molecular complexity index is 501. The van der Waals surface area contributed by atoms with Gasteiger partial charge in [-0.15, -0.1) is 0 Å². The summed E-state index contributed by atoms with van der Waals surface area (Å²) in [5.74, 6) is 1.20. The lowest BCUT2D eigenvalue weighted by molar-refractivity contribution is 0.554. The van der Waals surface area contributed by atoms with E-state index in [1.807, 2.05) is 6.07 Å². The van der Waals surface area contributed by atoms with Crippen LogP contribution < -0.4 is 5.73 Å². The molecule has 1 atom stereocenters. The zero-order valence-corrected chi connectivity index (χ0v) is 11.4. The van der Waals surface area contributed by atoms with Crippen molar-refractivity contribution in [1.29, 1.82) is 0 Å². The number of benzene rings is 1. The van der Waals surface area contributed by atoms with Crippen molar-refractivity contribution in [3.63, 3.8) is 0 Å². The predicted octanol–water partition coefficient (Wildman–Crippen LogP) is 3.12. The molecular weight excluding hydrogens is 222 g/mol. The molecule has 0 amide bonds. The van der Waals surface area contributed by atoms with E-state index in [2.05, 4.69) is 36.6 Å². The quantitative estimate of drug-likeness (QED) is 0.849. The average Bonchev–Trinajstić information content (AvgIpc) is 2.75. The van der Waals surface area contributed by atoms with E-state index in [0.29, 0.717) is 6.04 Å². The minimum atomic E-state index is 0.337. The third-order valence-corrected chi connectivity index (χ3v) is 3.55. The number of fused-ring (bicyclic) bond motifs is 1. The Labute approximate surface area is 109 Å². The molecule has 1 aromatic carbocycles. The Balaban J connectivity index is 2.12. The first kappa shape index (κ1) is 13.1. The molecular formula is C15H23N3. The smallest absolute Gasteiger partial charge is 0.109 e. The Morgan fingerprint density at radius 3 is 2.78 bits per heavy atom. The zero-order valence-electron chi connectivity index (χ0n) is 11.4. The highest BCUT2D eigenvalue weighted by Crippen LogP contribution is 2.17. The van der Waals surface area contributed by atoms with E-state index in [-0.39, 0.29) is 0 Å². The lowest BCUT2D eigenvalue weighted by Gasteiger charge is -2.09. The van der Waals surface area contributed by atoms with Gasteiger partial charge in [-0.05, 0) is 38.3 Å². The maximum Gasteiger partial charge on any atom is 0.109 e. The minimum absolute atomic E-state index is 0.337. The van der Waals surface area contributed by atoms with Gasteiger partial charge in [0.15, 0.2) is 0 Å². The Hall–Kier alpha value is -1.35. The van der Waals surface area contributed by atoms with Gasteiger partial charge in [-0.1, -0.05) is 19.1 Å². The van der Waals surface area contributed by atoms with Gasteiger partial charge in [0.05, 0.1) is 11.0 Å². The highest BCUT2D eigenvalue weighted by Gasteiger charge is 2.09. The van der Waals surface area contributed by atoms with Crippen LogP contribution in [0.4, 0.5) is 0 Å². The van der Waals surface area contributed by atoms with Crippen molar-refractivity contribution in [2.45, 2.75) is 52.1 Å². The molecule has 1 unspecified atom stereocenters. The van der Waals surface area contributed by atoms with Crippen LogP contribution in [0.5, 0.6) is 0 Å². The van der Waals surface area contributed by atoms with Crippen LogP contribution in [0.1, 0.15) is 38.9 Å². The molecule has 18 heavy (non-hydrogen) atoms. The second-order valence-electron chi connectivity index (χ2n) is 4.82. The van der Waals surface area contributed by atoms with E-state index >= 15 is 0 Å². The first-order valence-electron chi connectivity index (χ1n) is 6.96. The highest BCUT2D eigenvalue weighted by atomic mass is 15.1. The van der Waals surface area contributed by atoms with Gasteiger partial charge < -0.3 is 10.3 Å². The summed E-state index contributed by atoms with van der Waals surface area (Å²) in [6.07, 6.45) is 4.29. The molecule has 0 aliphatic rings. The largest absolute Gasteiger partial charge is 0.328 e. The summed E-state index contributed by atoms with van der Waals surface area (Å²) in [5.41, 5.74) is 8.31. The van der Waals surface area contributed by atoms with Gasteiger partial charge in [-0.25, -0.2) is 4.98 Å². The van der Waals surface area contributed by atoms with Gasteiger partial charge in [-0.2, -0.15) is 0 Å². The number of hydrogen-bond donors (Lipinski definition) is 1. The fraction of sp³-hybridized carbons (Fsp3) is 0.533. The van der Waals surface area contributed by atoms with Crippen molar-refractivity contribution in [1.82, 2.24) is 9.55 Å². The molecule has 3 nitrogen and oxygen atoms in total. The lowest BCUT2D eigenvalue weighted by Crippen LogP contribution is -2.18. The van der Waals surface area contributed by atoms with E-state index in [9.17, 15) is 0 Å². The molecule has 0 saturated heterocycles. The van der Waals surface area contributed by atoms with Crippen LogP contribution in [0, 0.1) is 0 Å². The first-order valence-corrected chi connectivity index (χ1v) is 6.96. The number of aryl methyl sites for hydroxylation is 2. The van der Waals surface area contributed by atoms with Crippen molar-refractivity contribution >= 4 is 11.0 Å². The van der Waals surface area contributed by atoms with Crippen molar-refractivity contribution in [3.05, 3.63) is 30.1 Å². The maximum absolute atomic E-state index is 5.96. The zero-order chi connectivity index (χ0) is 13.0. The number of para-hydroxylation sites is 2. The van der Waals surface area contributed by atoms with E-state index in [1.54, 1.807) is 0 Å². The van der Waals surface area contributed by atoms with Crippen LogP contribution in [-0.4, -0.2) is 15.6 Å². The molecule has 98 valence electrons. The molecule has 1 aromatic heterocycles. The van der Waals surface area contributed by atoms with Gasteiger partial charge in [0.2, 0.25) is 0 Å². The topological polar surface area (TPSA) is 43.8 Å². The van der Waals surface area contributed by atoms with Crippen LogP contribution in [0.2, 0.25) is 0 Å². The van der Waals surface area contributed by atoms with Crippen LogP contribution in [0.25, 0.3) is 11.0 Å². The van der Waals surface area contributed by atoms with Crippen LogP contribution >= 0.6 is 0 Å². The average molecular weight is 245 g/mol. The Morgan fingerprint density at radius 1 is 1.28 bits per heavy atom. The minimum Gasteiger partial charge on any atom is -0.328 e. The molecule has 0 fully saturated rings. The molecule has 1 heterocycles. The normalized spacial score (nSPS) is 13.1. The second-order valence-corrected chi connectivity index (χ2v) is 4.82. The third kappa shape index (κ3) is 2.72. The van der Waals surface area contributed by atoms with Crippen molar-refractivity contribution in [2.24, 2.45) is 5.73 Å². The predicted molar refractivity (Wildman–Crippen MR) is 76.6 cm³/mol. The van der Waals surface area contributed by atoms with Crippen LogP contribution in [-0.2, 0) is 13.0 Å². The van der Waals surface area contributed by atoms with Crippen molar-refractivity contribution < 1.29 is 0 Å². The molecule has 2 rings (SSSR count). The lowest BCUT2D eigenvalue weighted by atomic mass is 10.1. The molecule has 0 bridgehead atoms. The molecule has 0 spiro atoms. The fourth-order valence-corrected chi connectivity index (χ4v) is 2.40. The fourth-order valence-electron chi connectivity index (χ4n) is 2.40. The van der Waals surface area contributed by atoms with Crippen LogP contribution in [0.15, 0.2) is 24.3 Å². The van der Waals surface area contributed by atoms with Gasteiger partial charge in [0, 0.05) is 19.0 Å². The van der Waals surface area contributed by atoms with Gasteiger partial charge >= 0.3 is 0 Å². The summed E-state index contributed by atoms with van der Waals surface area (Å²) in [6, 6.07) is 8.69. The summed E-state index contributed by atoms with van der Waals surface area (Å²) in [6.45, 7) is 5.30. The highest BCUT2D eigenvalue weighted by molar-refractivity contribution is 5.75. The summed E-state index contributed by atoms with van der Waals surface area (Å²) in [5, 5.41) is 0. The molecule has 3 heteroatoms. The maximum atomic E-state index is 5.96. The third-order valence-electron chi connectivity index (χ3n) is 3.55. The molecule has 0 radical (unpaired) electrons. The van der Waals surface area contributed by atoms with E-state index in [1.165, 1.54) is 11.3 Å². The van der Waals surface area contributed by atoms with Gasteiger partial charge in [0.1, 0.15) is 5.82 Å². The molecule has 2 aromatic rings. The van der Waals surface area contributed by atoms with E-state index in [0.717, 1.165) is 37.7 Å². The summed E-state index contributed by atoms with van der Waals surface area (Å²) >= 11 is 0. The van der Waals surface area contributed by atoms with E-state index < -0.39 is 0 Å². The molecule has 0 aliphatic carbocycles. The molecule has 2 N–H and O–H groups in total. The summed E-state index contributed by atoms with van der Waals surface area (Å²) in [4.78, 5) is 4.73. The molecule has 0 aliphatic heterocycles. The number of rotatable bonds is 6. The SMILES string of the molecule is CCC(N)CCCc1nc2ccccc2n1CC.